The lowest BCUT2D eigenvalue weighted by atomic mass is 9.94. The lowest BCUT2D eigenvalue weighted by Gasteiger charge is -2.35. The number of nitrogens with zero attached hydrogens (tertiary/aromatic N) is 3. The summed E-state index contributed by atoms with van der Waals surface area (Å²) in [6.07, 6.45) is 0.804. The molecule has 2 aromatic carbocycles. The zero-order valence-corrected chi connectivity index (χ0v) is 19.6. The van der Waals surface area contributed by atoms with Crippen LogP contribution in [0.1, 0.15) is 37.8 Å². The second-order valence-corrected chi connectivity index (χ2v) is 8.01. The van der Waals surface area contributed by atoms with Crippen molar-refractivity contribution < 1.29 is 18.8 Å². The topological polar surface area (TPSA) is 89.7 Å². The molecule has 9 heteroatoms. The van der Waals surface area contributed by atoms with Crippen LogP contribution in [0.2, 0.25) is 5.02 Å². The van der Waals surface area contributed by atoms with E-state index in [0.29, 0.717) is 34.8 Å². The van der Waals surface area contributed by atoms with Crippen LogP contribution in [-0.2, 0) is 0 Å². The maximum absolute atomic E-state index is 12.9. The highest BCUT2D eigenvalue weighted by molar-refractivity contribution is 6.30. The van der Waals surface area contributed by atoms with Crippen molar-refractivity contribution in [3.05, 3.63) is 64.6 Å². The van der Waals surface area contributed by atoms with Crippen LogP contribution in [0, 0.1) is 0 Å². The van der Waals surface area contributed by atoms with Gasteiger partial charge in [0.1, 0.15) is 0 Å². The summed E-state index contributed by atoms with van der Waals surface area (Å²) in [5.41, 5.74) is 3.06. The third-order valence-electron chi connectivity index (χ3n) is 5.54. The molecule has 0 aliphatic carbocycles. The molecule has 0 bridgehead atoms. The second kappa shape index (κ2) is 9.54. The van der Waals surface area contributed by atoms with E-state index in [1.807, 2.05) is 38.1 Å². The molecular weight excluding hydrogens is 444 g/mol. The Morgan fingerprint density at radius 3 is 2.52 bits per heavy atom. The van der Waals surface area contributed by atoms with Crippen LogP contribution in [0.3, 0.4) is 0 Å². The smallest absolute Gasteiger partial charge is 0.322 e. The standard InChI is InChI=1S/C24H25ClN4O4/c1-5-12-29-14(2)20(23-27-22(28-33-23)15-6-9-17(25)10-7-15)21(26-24(29)30)16-8-11-18(31-3)19(13-16)32-4/h6-11,13,21H,5,12H2,1-4H3,(H,26,30). The summed E-state index contributed by atoms with van der Waals surface area (Å²) in [6, 6.07) is 12.0. The van der Waals surface area contributed by atoms with Crippen molar-refractivity contribution in [2.24, 2.45) is 0 Å². The van der Waals surface area contributed by atoms with Gasteiger partial charge in [-0.15, -0.1) is 0 Å². The maximum Gasteiger partial charge on any atom is 0.322 e. The molecule has 2 amide bonds. The number of ether oxygens (including phenoxy) is 2. The number of methoxy groups -OCH3 is 2. The van der Waals surface area contributed by atoms with Crippen LogP contribution in [0.15, 0.2) is 52.7 Å². The third kappa shape index (κ3) is 4.39. The van der Waals surface area contributed by atoms with Crippen LogP contribution in [0.25, 0.3) is 17.0 Å². The molecule has 0 radical (unpaired) electrons. The molecule has 2 heterocycles. The number of aromatic nitrogens is 2. The highest BCUT2D eigenvalue weighted by atomic mass is 35.5. The van der Waals surface area contributed by atoms with Crippen molar-refractivity contribution in [3.8, 4) is 22.9 Å². The van der Waals surface area contributed by atoms with Gasteiger partial charge in [0.15, 0.2) is 11.5 Å². The third-order valence-corrected chi connectivity index (χ3v) is 5.80. The first-order valence-corrected chi connectivity index (χ1v) is 10.9. The van der Waals surface area contributed by atoms with Gasteiger partial charge < -0.3 is 19.3 Å². The number of rotatable bonds is 7. The van der Waals surface area contributed by atoms with E-state index in [1.165, 1.54) is 0 Å². The lowest BCUT2D eigenvalue weighted by molar-refractivity contribution is 0.205. The Kier molecular flexibility index (Phi) is 6.55. The molecule has 1 unspecified atom stereocenters. The first-order chi connectivity index (χ1) is 16.0. The van der Waals surface area contributed by atoms with E-state index in [2.05, 4.69) is 15.5 Å². The Morgan fingerprint density at radius 1 is 1.12 bits per heavy atom. The monoisotopic (exact) mass is 468 g/mol. The van der Waals surface area contributed by atoms with E-state index in [0.717, 1.165) is 28.8 Å². The molecule has 3 aromatic rings. The van der Waals surface area contributed by atoms with Crippen LogP contribution in [-0.4, -0.2) is 41.8 Å². The molecule has 1 aliphatic rings. The van der Waals surface area contributed by atoms with E-state index in [-0.39, 0.29) is 6.03 Å². The maximum atomic E-state index is 12.9. The van der Waals surface area contributed by atoms with Gasteiger partial charge >= 0.3 is 6.03 Å². The Morgan fingerprint density at radius 2 is 1.85 bits per heavy atom. The van der Waals surface area contributed by atoms with Crippen molar-refractivity contribution in [2.45, 2.75) is 26.3 Å². The van der Waals surface area contributed by atoms with Gasteiger partial charge in [-0.25, -0.2) is 4.79 Å². The molecule has 8 nitrogen and oxygen atoms in total. The van der Waals surface area contributed by atoms with Crippen LogP contribution in [0.4, 0.5) is 4.79 Å². The Labute approximate surface area is 197 Å². The molecule has 4 rings (SSSR count). The van der Waals surface area contributed by atoms with Crippen molar-refractivity contribution in [1.82, 2.24) is 20.4 Å². The number of halogens is 1. The summed E-state index contributed by atoms with van der Waals surface area (Å²) >= 11 is 6.00. The predicted molar refractivity (Wildman–Crippen MR) is 125 cm³/mol. The summed E-state index contributed by atoms with van der Waals surface area (Å²) in [4.78, 5) is 19.3. The van der Waals surface area contributed by atoms with Crippen molar-refractivity contribution in [2.75, 3.05) is 20.8 Å². The van der Waals surface area contributed by atoms with Gasteiger partial charge in [-0.2, -0.15) is 4.98 Å². The van der Waals surface area contributed by atoms with Gasteiger partial charge in [-0.1, -0.05) is 29.7 Å². The number of allylic oxidation sites excluding steroid dienone is 1. The van der Waals surface area contributed by atoms with Crippen molar-refractivity contribution >= 4 is 23.2 Å². The van der Waals surface area contributed by atoms with Gasteiger partial charge in [-0.05, 0) is 55.3 Å². The second-order valence-electron chi connectivity index (χ2n) is 7.58. The van der Waals surface area contributed by atoms with Gasteiger partial charge in [-0.3, -0.25) is 4.90 Å². The zero-order valence-electron chi connectivity index (χ0n) is 18.9. The Hall–Kier alpha value is -3.52. The molecule has 0 spiro atoms. The number of carbonyl (C=O) groups excluding carboxylic acids is 1. The lowest BCUT2D eigenvalue weighted by Crippen LogP contribution is -2.46. The zero-order chi connectivity index (χ0) is 23.5. The number of hydrogen-bond acceptors (Lipinski definition) is 6. The number of benzene rings is 2. The summed E-state index contributed by atoms with van der Waals surface area (Å²) in [5.74, 6) is 1.93. The molecular formula is C24H25ClN4O4. The average molecular weight is 469 g/mol. The van der Waals surface area contributed by atoms with E-state index in [4.69, 9.17) is 25.6 Å². The van der Waals surface area contributed by atoms with Crippen molar-refractivity contribution in [1.29, 1.82) is 0 Å². The fourth-order valence-corrected chi connectivity index (χ4v) is 4.01. The van der Waals surface area contributed by atoms with E-state index in [1.54, 1.807) is 37.3 Å². The van der Waals surface area contributed by atoms with E-state index >= 15 is 0 Å². The molecule has 0 fully saturated rings. The molecule has 1 aromatic heterocycles. The normalized spacial score (nSPS) is 16.1. The minimum atomic E-state index is -0.510. The Balaban J connectivity index is 1.82. The fourth-order valence-electron chi connectivity index (χ4n) is 3.88. The first-order valence-electron chi connectivity index (χ1n) is 10.6. The molecule has 1 atom stereocenters. The number of urea groups is 1. The molecule has 1 N–H and O–H groups in total. The van der Waals surface area contributed by atoms with E-state index < -0.39 is 6.04 Å². The van der Waals surface area contributed by atoms with Crippen molar-refractivity contribution in [3.63, 3.8) is 0 Å². The summed E-state index contributed by atoms with van der Waals surface area (Å²) < 4.78 is 16.5. The van der Waals surface area contributed by atoms with Gasteiger partial charge in [0.2, 0.25) is 5.82 Å². The Bertz CT molecular complexity index is 1190. The minimum absolute atomic E-state index is 0.185. The number of nitrogens with one attached hydrogen (secondary N) is 1. The number of carbonyl (C=O) groups is 1. The van der Waals surface area contributed by atoms with Crippen LogP contribution in [0.5, 0.6) is 11.5 Å². The fraction of sp³-hybridized carbons (Fsp3) is 0.292. The first kappa shape index (κ1) is 22.7. The molecule has 33 heavy (non-hydrogen) atoms. The highest BCUT2D eigenvalue weighted by Crippen LogP contribution is 2.40. The van der Waals surface area contributed by atoms with Gasteiger partial charge in [0, 0.05) is 22.8 Å². The average Bonchev–Trinajstić information content (AvgIpc) is 3.31. The minimum Gasteiger partial charge on any atom is -0.493 e. The predicted octanol–water partition coefficient (Wildman–Crippen LogP) is 5.31. The molecule has 0 saturated heterocycles. The molecule has 0 saturated carbocycles. The largest absolute Gasteiger partial charge is 0.493 e. The SMILES string of the molecule is CCCN1C(=O)NC(c2ccc(OC)c(OC)c2)C(c2nc(-c3ccc(Cl)cc3)no2)=C1C. The summed E-state index contributed by atoms with van der Waals surface area (Å²) in [6.45, 7) is 4.48. The summed E-state index contributed by atoms with van der Waals surface area (Å²) in [5, 5.41) is 7.87. The van der Waals surface area contributed by atoms with Crippen LogP contribution >= 0.6 is 11.6 Å². The highest BCUT2D eigenvalue weighted by Gasteiger charge is 2.35. The quantitative estimate of drug-likeness (QED) is 0.505. The molecule has 1 aliphatic heterocycles. The van der Waals surface area contributed by atoms with E-state index in [9.17, 15) is 4.79 Å². The number of hydrogen-bond donors (Lipinski definition) is 1. The summed E-state index contributed by atoms with van der Waals surface area (Å²) in [7, 11) is 3.15. The van der Waals surface area contributed by atoms with Gasteiger partial charge in [0.25, 0.3) is 5.89 Å². The molecule has 172 valence electrons. The number of amides is 2. The van der Waals surface area contributed by atoms with Gasteiger partial charge in [0.05, 0.1) is 25.8 Å². The van der Waals surface area contributed by atoms with Crippen LogP contribution < -0.4 is 14.8 Å².